The van der Waals surface area contributed by atoms with Gasteiger partial charge in [0.05, 0.1) is 26.6 Å². The van der Waals surface area contributed by atoms with Crippen molar-refractivity contribution in [2.24, 2.45) is 23.2 Å². The zero-order chi connectivity index (χ0) is 17.5. The van der Waals surface area contributed by atoms with E-state index in [1.165, 1.54) is 45.1 Å². The lowest BCUT2D eigenvalue weighted by atomic mass is 9.53. The highest BCUT2D eigenvalue weighted by Gasteiger charge is 2.59. The fourth-order valence-electron chi connectivity index (χ4n) is 6.27. The highest BCUT2D eigenvalue weighted by atomic mass is 16.5. The summed E-state index contributed by atoms with van der Waals surface area (Å²) >= 11 is 0. The van der Waals surface area contributed by atoms with Gasteiger partial charge in [-0.15, -0.1) is 0 Å². The maximum atomic E-state index is 6.56. The molecule has 0 aromatic rings. The van der Waals surface area contributed by atoms with E-state index in [9.17, 15) is 0 Å². The minimum Gasteiger partial charge on any atom is -0.377 e. The molecule has 0 amide bonds. The molecule has 3 aliphatic rings. The second kappa shape index (κ2) is 6.95. The zero-order valence-corrected chi connectivity index (χ0v) is 16.7. The van der Waals surface area contributed by atoms with E-state index >= 15 is 0 Å². The molecule has 3 rings (SSSR count). The van der Waals surface area contributed by atoms with Gasteiger partial charge in [0.1, 0.15) is 0 Å². The van der Waals surface area contributed by atoms with Crippen LogP contribution in [-0.2, 0) is 4.74 Å². The highest BCUT2D eigenvalue weighted by molar-refractivity contribution is 6.11. The molecule has 24 heavy (non-hydrogen) atoms. The first-order valence-electron chi connectivity index (χ1n) is 10.4. The van der Waals surface area contributed by atoms with E-state index in [2.05, 4.69) is 39.5 Å². The van der Waals surface area contributed by atoms with Gasteiger partial charge in [0, 0.05) is 6.04 Å². The van der Waals surface area contributed by atoms with Gasteiger partial charge < -0.3 is 4.74 Å². The zero-order valence-electron chi connectivity index (χ0n) is 16.7. The fourth-order valence-corrected chi connectivity index (χ4v) is 6.27. The fraction of sp³-hybridized carbons (Fsp3) is 1.00. The van der Waals surface area contributed by atoms with Gasteiger partial charge in [-0.1, -0.05) is 52.3 Å². The van der Waals surface area contributed by atoms with Gasteiger partial charge in [0.15, 0.2) is 0 Å². The number of likely N-dealkylation sites (tertiary alicyclic amines) is 1. The Morgan fingerprint density at radius 2 is 1.67 bits per heavy atom. The summed E-state index contributed by atoms with van der Waals surface area (Å²) in [5.74, 6) is 2.64. The van der Waals surface area contributed by atoms with Crippen LogP contribution in [0.15, 0.2) is 0 Å². The summed E-state index contributed by atoms with van der Waals surface area (Å²) in [6, 6.07) is 0.620. The lowest BCUT2D eigenvalue weighted by Gasteiger charge is -2.64. The molecular weight excluding hydrogens is 293 g/mol. The Morgan fingerprint density at radius 3 is 2.21 bits per heavy atom. The van der Waals surface area contributed by atoms with Crippen LogP contribution in [0.5, 0.6) is 0 Å². The maximum absolute atomic E-state index is 6.56. The van der Waals surface area contributed by atoms with Crippen LogP contribution in [0.1, 0.15) is 73.1 Å². The summed E-state index contributed by atoms with van der Waals surface area (Å²) in [6.07, 6.45) is 7.76. The van der Waals surface area contributed by atoms with E-state index in [1.807, 2.05) is 0 Å². The molecule has 3 heteroatoms. The van der Waals surface area contributed by atoms with Crippen molar-refractivity contribution in [2.75, 3.05) is 19.8 Å². The van der Waals surface area contributed by atoms with Crippen molar-refractivity contribution in [3.05, 3.63) is 0 Å². The quantitative estimate of drug-likeness (QED) is 0.681. The number of nitrogens with zero attached hydrogens (tertiary/aromatic N) is 1. The molecule has 4 unspecified atom stereocenters. The van der Waals surface area contributed by atoms with Crippen molar-refractivity contribution < 1.29 is 4.74 Å². The average Bonchev–Trinajstić information content (AvgIpc) is 2.53. The highest BCUT2D eigenvalue weighted by Crippen LogP contribution is 2.56. The predicted octanol–water partition coefficient (Wildman–Crippen LogP) is 4.69. The molecule has 136 valence electrons. The number of piperidine rings is 1. The summed E-state index contributed by atoms with van der Waals surface area (Å²) in [6.45, 7) is 15.3. The first kappa shape index (κ1) is 18.8. The number of fused-ring (bicyclic) bond motifs is 2. The molecule has 2 nitrogen and oxygen atoms in total. The molecule has 1 saturated carbocycles. The molecule has 2 aliphatic heterocycles. The number of rotatable bonds is 2. The molecule has 1 aliphatic carbocycles. The standard InChI is InChI=1S/C21H38BNO/c1-15(2)20(5)12-17(22)8-6-7-9-19-18(20)10-11-23(16(3)4)21(19)13-24-14-21/h15-19H,6-14H2,1-5H3. The van der Waals surface area contributed by atoms with E-state index in [0.717, 1.165) is 25.0 Å². The van der Waals surface area contributed by atoms with Gasteiger partial charge in [-0.2, -0.15) is 0 Å². The summed E-state index contributed by atoms with van der Waals surface area (Å²) in [5.41, 5.74) is 0.668. The molecule has 0 N–H and O–H groups in total. The van der Waals surface area contributed by atoms with Crippen molar-refractivity contribution in [2.45, 2.75) is 90.5 Å². The molecule has 2 heterocycles. The van der Waals surface area contributed by atoms with Crippen molar-refractivity contribution in [1.29, 1.82) is 0 Å². The first-order chi connectivity index (χ1) is 11.3. The van der Waals surface area contributed by atoms with E-state index in [1.54, 1.807) is 0 Å². The lowest BCUT2D eigenvalue weighted by molar-refractivity contribution is -0.222. The van der Waals surface area contributed by atoms with Crippen molar-refractivity contribution in [3.8, 4) is 0 Å². The smallest absolute Gasteiger partial charge is 0.0712 e. The first-order valence-corrected chi connectivity index (χ1v) is 10.4. The second-order valence-corrected chi connectivity index (χ2v) is 9.79. The Kier molecular flexibility index (Phi) is 5.43. The van der Waals surface area contributed by atoms with Gasteiger partial charge in [-0.3, -0.25) is 4.90 Å². The Balaban J connectivity index is 1.97. The number of hydrogen-bond acceptors (Lipinski definition) is 2. The summed E-state index contributed by atoms with van der Waals surface area (Å²) in [5, 5.41) is 0. The van der Waals surface area contributed by atoms with Gasteiger partial charge >= 0.3 is 0 Å². The van der Waals surface area contributed by atoms with Crippen molar-refractivity contribution >= 4 is 7.85 Å². The Labute approximate surface area is 151 Å². The summed E-state index contributed by atoms with van der Waals surface area (Å²) in [7, 11) is 6.56. The molecule has 2 saturated heterocycles. The Hall–Kier alpha value is -0.0151. The third kappa shape index (κ3) is 2.98. The number of ether oxygens (including phenoxy) is 1. The normalized spacial score (nSPS) is 40.7. The molecule has 2 radical (unpaired) electrons. The van der Waals surface area contributed by atoms with Crippen molar-refractivity contribution in [3.63, 3.8) is 0 Å². The monoisotopic (exact) mass is 331 g/mol. The predicted molar refractivity (Wildman–Crippen MR) is 103 cm³/mol. The third-order valence-corrected chi connectivity index (χ3v) is 7.96. The Bertz CT molecular complexity index is 434. The molecule has 4 atom stereocenters. The second-order valence-electron chi connectivity index (χ2n) is 9.79. The van der Waals surface area contributed by atoms with Crippen LogP contribution in [0.3, 0.4) is 0 Å². The minimum atomic E-state index is 0.307. The van der Waals surface area contributed by atoms with Gasteiger partial charge in [0.2, 0.25) is 0 Å². The van der Waals surface area contributed by atoms with Gasteiger partial charge in [-0.05, 0) is 56.4 Å². The van der Waals surface area contributed by atoms with Crippen LogP contribution in [-0.4, -0.2) is 44.1 Å². The van der Waals surface area contributed by atoms with Crippen LogP contribution >= 0.6 is 0 Å². The Morgan fingerprint density at radius 1 is 1.00 bits per heavy atom. The molecule has 0 bridgehead atoms. The van der Waals surface area contributed by atoms with E-state index in [4.69, 9.17) is 12.6 Å². The van der Waals surface area contributed by atoms with Crippen LogP contribution in [0.4, 0.5) is 0 Å². The molecule has 0 aromatic carbocycles. The lowest BCUT2D eigenvalue weighted by Crippen LogP contribution is -2.73. The number of hydrogen-bond donors (Lipinski definition) is 0. The minimum absolute atomic E-state index is 0.307. The van der Waals surface area contributed by atoms with Crippen LogP contribution < -0.4 is 0 Å². The largest absolute Gasteiger partial charge is 0.377 e. The van der Waals surface area contributed by atoms with E-state index in [-0.39, 0.29) is 0 Å². The molecule has 3 fully saturated rings. The molecular formula is C21H38BNO. The van der Waals surface area contributed by atoms with Crippen LogP contribution in [0, 0.1) is 23.2 Å². The van der Waals surface area contributed by atoms with Crippen molar-refractivity contribution in [1.82, 2.24) is 4.90 Å². The van der Waals surface area contributed by atoms with Gasteiger partial charge in [-0.25, -0.2) is 0 Å². The summed E-state index contributed by atoms with van der Waals surface area (Å²) < 4.78 is 5.83. The average molecular weight is 331 g/mol. The SMILES string of the molecule is [B]C1CCCCC2C(CCN(C(C)C)C23COC3)C(C)(C(C)C)C1. The van der Waals surface area contributed by atoms with Crippen LogP contribution in [0.25, 0.3) is 0 Å². The molecule has 1 spiro atoms. The van der Waals surface area contributed by atoms with E-state index < -0.39 is 0 Å². The topological polar surface area (TPSA) is 12.5 Å². The van der Waals surface area contributed by atoms with E-state index in [0.29, 0.717) is 28.7 Å². The maximum Gasteiger partial charge on any atom is 0.0712 e. The van der Waals surface area contributed by atoms with Crippen LogP contribution in [0.2, 0.25) is 5.82 Å². The third-order valence-electron chi connectivity index (χ3n) is 7.96. The summed E-state index contributed by atoms with van der Waals surface area (Å²) in [4.78, 5) is 2.79. The molecule has 0 aromatic heterocycles. The van der Waals surface area contributed by atoms with Gasteiger partial charge in [0.25, 0.3) is 0 Å².